The maximum Gasteiger partial charge on any atom is 0.416 e. The predicted molar refractivity (Wildman–Crippen MR) is 71.4 cm³/mol. The van der Waals surface area contributed by atoms with E-state index in [1.165, 1.54) is 6.07 Å². The number of ether oxygens (including phenoxy) is 1. The summed E-state index contributed by atoms with van der Waals surface area (Å²) >= 11 is 0. The lowest BCUT2D eigenvalue weighted by atomic mass is 9.87. The molecule has 118 valence electrons. The Morgan fingerprint density at radius 3 is 2.76 bits per heavy atom. The Morgan fingerprint density at radius 1 is 1.33 bits per heavy atom. The van der Waals surface area contributed by atoms with E-state index >= 15 is 0 Å². The third-order valence-corrected chi connectivity index (χ3v) is 3.73. The van der Waals surface area contributed by atoms with Crippen LogP contribution in [0.2, 0.25) is 0 Å². The van der Waals surface area contributed by atoms with Crippen LogP contribution < -0.4 is 5.32 Å². The molecule has 2 unspecified atom stereocenters. The van der Waals surface area contributed by atoms with Crippen molar-refractivity contribution in [1.29, 1.82) is 0 Å². The summed E-state index contributed by atoms with van der Waals surface area (Å²) in [6.45, 7) is 3.72. The fraction of sp³-hybridized carbons (Fsp3) is 0.600. The Morgan fingerprint density at radius 2 is 2.10 bits per heavy atom. The first-order chi connectivity index (χ1) is 9.93. The van der Waals surface area contributed by atoms with Crippen molar-refractivity contribution in [3.8, 4) is 0 Å². The summed E-state index contributed by atoms with van der Waals surface area (Å²) in [6.07, 6.45) is -3.60. The molecule has 1 saturated heterocycles. The van der Waals surface area contributed by atoms with Gasteiger partial charge in [0.25, 0.3) is 0 Å². The van der Waals surface area contributed by atoms with E-state index in [1.54, 1.807) is 0 Å². The standard InChI is InChI=1S/C15H19F4NO/c1-2-20-9-10-4-3-7-21-14(10)12-6-5-11(16)8-13(12)15(17,18)19/h5-6,8,10,14,20H,2-4,7,9H2,1H3. The summed E-state index contributed by atoms with van der Waals surface area (Å²) in [5.41, 5.74) is -0.901. The second kappa shape index (κ2) is 6.75. The zero-order valence-corrected chi connectivity index (χ0v) is 11.8. The average Bonchev–Trinajstić information content (AvgIpc) is 2.44. The van der Waals surface area contributed by atoms with Gasteiger partial charge < -0.3 is 10.1 Å². The van der Waals surface area contributed by atoms with Crippen molar-refractivity contribution in [2.45, 2.75) is 32.0 Å². The average molecular weight is 305 g/mol. The number of rotatable bonds is 4. The summed E-state index contributed by atoms with van der Waals surface area (Å²) in [6, 6.07) is 2.82. The fourth-order valence-corrected chi connectivity index (χ4v) is 2.75. The van der Waals surface area contributed by atoms with Crippen molar-refractivity contribution in [3.63, 3.8) is 0 Å². The largest absolute Gasteiger partial charge is 0.416 e. The van der Waals surface area contributed by atoms with Crippen LogP contribution in [0.3, 0.4) is 0 Å². The van der Waals surface area contributed by atoms with Gasteiger partial charge in [0.1, 0.15) is 5.82 Å². The molecule has 2 nitrogen and oxygen atoms in total. The molecular formula is C15H19F4NO. The summed E-state index contributed by atoms with van der Waals surface area (Å²) < 4.78 is 58.2. The van der Waals surface area contributed by atoms with Crippen LogP contribution in [0.4, 0.5) is 17.6 Å². The monoisotopic (exact) mass is 305 g/mol. The van der Waals surface area contributed by atoms with E-state index in [0.717, 1.165) is 25.5 Å². The molecule has 1 aliphatic heterocycles. The Hall–Kier alpha value is -1.14. The quantitative estimate of drug-likeness (QED) is 0.851. The number of nitrogens with one attached hydrogen (secondary N) is 1. The molecule has 2 rings (SSSR count). The van der Waals surface area contributed by atoms with E-state index in [4.69, 9.17) is 4.74 Å². The first-order valence-corrected chi connectivity index (χ1v) is 7.12. The molecule has 21 heavy (non-hydrogen) atoms. The first-order valence-electron chi connectivity index (χ1n) is 7.12. The maximum absolute atomic E-state index is 13.2. The molecule has 1 fully saturated rings. The first kappa shape index (κ1) is 16.2. The lowest BCUT2D eigenvalue weighted by Gasteiger charge is -2.33. The van der Waals surface area contributed by atoms with Gasteiger partial charge >= 0.3 is 6.18 Å². The molecule has 1 aromatic carbocycles. The molecule has 0 amide bonds. The van der Waals surface area contributed by atoms with E-state index < -0.39 is 23.7 Å². The van der Waals surface area contributed by atoms with Crippen LogP contribution in [-0.4, -0.2) is 19.7 Å². The smallest absolute Gasteiger partial charge is 0.373 e. The molecule has 1 N–H and O–H groups in total. The third-order valence-electron chi connectivity index (χ3n) is 3.73. The second-order valence-corrected chi connectivity index (χ2v) is 5.23. The highest BCUT2D eigenvalue weighted by atomic mass is 19.4. The van der Waals surface area contributed by atoms with E-state index in [2.05, 4.69) is 5.32 Å². The van der Waals surface area contributed by atoms with Gasteiger partial charge in [0.15, 0.2) is 0 Å². The van der Waals surface area contributed by atoms with E-state index in [1.807, 2.05) is 6.92 Å². The number of halogens is 4. The molecule has 1 aliphatic rings. The minimum absolute atomic E-state index is 0.0338. The van der Waals surface area contributed by atoms with E-state index in [9.17, 15) is 17.6 Å². The highest BCUT2D eigenvalue weighted by Crippen LogP contribution is 2.41. The SMILES string of the molecule is CCNCC1CCCOC1c1ccc(F)cc1C(F)(F)F. The minimum atomic E-state index is -4.58. The van der Waals surface area contributed by atoms with Gasteiger partial charge in [0, 0.05) is 19.1 Å². The number of hydrogen-bond acceptors (Lipinski definition) is 2. The van der Waals surface area contributed by atoms with Crippen molar-refractivity contribution in [2.24, 2.45) is 5.92 Å². The van der Waals surface area contributed by atoms with Gasteiger partial charge in [-0.2, -0.15) is 13.2 Å². The summed E-state index contributed by atoms with van der Waals surface area (Å²) in [5, 5.41) is 3.15. The molecular weight excluding hydrogens is 286 g/mol. The Bertz CT molecular complexity index is 475. The number of alkyl halides is 3. The van der Waals surface area contributed by atoms with Crippen molar-refractivity contribution >= 4 is 0 Å². The van der Waals surface area contributed by atoms with Crippen LogP contribution in [-0.2, 0) is 10.9 Å². The van der Waals surface area contributed by atoms with Crippen LogP contribution in [0.15, 0.2) is 18.2 Å². The third kappa shape index (κ3) is 3.95. The normalized spacial score (nSPS) is 23.3. The molecule has 0 aliphatic carbocycles. The Labute approximate surface area is 121 Å². The van der Waals surface area contributed by atoms with Crippen LogP contribution in [0, 0.1) is 11.7 Å². The zero-order valence-electron chi connectivity index (χ0n) is 11.8. The molecule has 1 heterocycles. The van der Waals surface area contributed by atoms with Crippen molar-refractivity contribution in [1.82, 2.24) is 5.32 Å². The highest BCUT2D eigenvalue weighted by molar-refractivity contribution is 5.33. The Kier molecular flexibility index (Phi) is 5.22. The highest BCUT2D eigenvalue weighted by Gasteiger charge is 2.38. The van der Waals surface area contributed by atoms with Gasteiger partial charge in [-0.3, -0.25) is 0 Å². The molecule has 0 spiro atoms. The topological polar surface area (TPSA) is 21.3 Å². The van der Waals surface area contributed by atoms with Crippen molar-refractivity contribution in [2.75, 3.05) is 19.7 Å². The van der Waals surface area contributed by atoms with E-state index in [-0.39, 0.29) is 11.5 Å². The van der Waals surface area contributed by atoms with Gasteiger partial charge in [0.2, 0.25) is 0 Å². The van der Waals surface area contributed by atoms with Gasteiger partial charge in [0.05, 0.1) is 11.7 Å². The van der Waals surface area contributed by atoms with E-state index in [0.29, 0.717) is 19.2 Å². The van der Waals surface area contributed by atoms with Crippen molar-refractivity contribution in [3.05, 3.63) is 35.1 Å². The predicted octanol–water partition coefficient (Wildman–Crippen LogP) is 3.92. The second-order valence-electron chi connectivity index (χ2n) is 5.23. The van der Waals surface area contributed by atoms with Crippen LogP contribution in [0.1, 0.15) is 37.0 Å². The minimum Gasteiger partial charge on any atom is -0.373 e. The Balaban J connectivity index is 2.34. The molecule has 0 saturated carbocycles. The van der Waals surface area contributed by atoms with Gasteiger partial charge in [-0.15, -0.1) is 0 Å². The maximum atomic E-state index is 13.2. The number of hydrogen-bond donors (Lipinski definition) is 1. The molecule has 1 aromatic rings. The van der Waals surface area contributed by atoms with Gasteiger partial charge in [-0.25, -0.2) is 4.39 Å². The summed E-state index contributed by atoms with van der Waals surface area (Å²) in [4.78, 5) is 0. The van der Waals surface area contributed by atoms with Gasteiger partial charge in [-0.05, 0) is 37.1 Å². The number of benzene rings is 1. The summed E-state index contributed by atoms with van der Waals surface area (Å²) in [5.74, 6) is -0.921. The van der Waals surface area contributed by atoms with Crippen LogP contribution >= 0.6 is 0 Å². The zero-order chi connectivity index (χ0) is 15.5. The summed E-state index contributed by atoms with van der Waals surface area (Å²) in [7, 11) is 0. The van der Waals surface area contributed by atoms with Gasteiger partial charge in [-0.1, -0.05) is 13.0 Å². The molecule has 0 radical (unpaired) electrons. The lowest BCUT2D eigenvalue weighted by molar-refractivity contribution is -0.141. The van der Waals surface area contributed by atoms with Crippen molar-refractivity contribution < 1.29 is 22.3 Å². The fourth-order valence-electron chi connectivity index (χ4n) is 2.75. The van der Waals surface area contributed by atoms with Crippen LogP contribution in [0.25, 0.3) is 0 Å². The molecule has 6 heteroatoms. The van der Waals surface area contributed by atoms with Crippen LogP contribution in [0.5, 0.6) is 0 Å². The molecule has 2 atom stereocenters. The lowest BCUT2D eigenvalue weighted by Crippen LogP contribution is -2.33. The molecule has 0 bridgehead atoms. The molecule has 0 aromatic heterocycles.